The number of ketones is 2. The summed E-state index contributed by atoms with van der Waals surface area (Å²) in [4.78, 5) is 60.9. The van der Waals surface area contributed by atoms with Crippen molar-refractivity contribution in [3.05, 3.63) is 54.3 Å². The van der Waals surface area contributed by atoms with Gasteiger partial charge >= 0.3 is 5.69 Å². The second-order valence-corrected chi connectivity index (χ2v) is 9.09. The summed E-state index contributed by atoms with van der Waals surface area (Å²) < 4.78 is 0. The third-order valence-electron chi connectivity index (χ3n) is 7.07. The van der Waals surface area contributed by atoms with Crippen LogP contribution < -0.4 is 5.73 Å². The molecule has 0 aromatic heterocycles. The number of phenolic OH excluding ortho intramolecular Hbond substituents is 1. The Hall–Kier alpha value is -4.37. The molecule has 3 aliphatic rings. The molecule has 0 saturated heterocycles. The van der Waals surface area contributed by atoms with E-state index >= 15 is 0 Å². The summed E-state index contributed by atoms with van der Waals surface area (Å²) in [6, 6.07) is -0.781. The molecule has 4 atom stereocenters. The first-order valence-electron chi connectivity index (χ1n) is 10.5. The number of rotatable bonds is 4. The van der Waals surface area contributed by atoms with Gasteiger partial charge in [0, 0.05) is 17.1 Å². The Kier molecular flexibility index (Phi) is 5.38. The molecule has 6 N–H and O–H groups in total. The average Bonchev–Trinajstić information content (AvgIpc) is 2.75. The van der Waals surface area contributed by atoms with Crippen LogP contribution in [0.15, 0.2) is 23.0 Å². The van der Waals surface area contributed by atoms with Crippen molar-refractivity contribution in [3.63, 3.8) is 0 Å². The molecular formula is C21H20N4O11. The number of Topliss-reactive ketones (excluding diaryl/α,β-unsaturated/α-hetero) is 2. The van der Waals surface area contributed by atoms with Crippen molar-refractivity contribution in [1.29, 1.82) is 0 Å². The van der Waals surface area contributed by atoms with E-state index in [-0.39, 0.29) is 18.4 Å². The van der Waals surface area contributed by atoms with Gasteiger partial charge in [-0.15, -0.1) is 0 Å². The van der Waals surface area contributed by atoms with Crippen molar-refractivity contribution in [1.82, 2.24) is 4.90 Å². The lowest BCUT2D eigenvalue weighted by Gasteiger charge is -2.50. The van der Waals surface area contributed by atoms with Gasteiger partial charge in [0.2, 0.25) is 11.5 Å². The fourth-order valence-corrected chi connectivity index (χ4v) is 5.58. The zero-order valence-corrected chi connectivity index (χ0v) is 18.8. The molecule has 0 spiro atoms. The number of hydrogen-bond donors (Lipinski definition) is 5. The van der Waals surface area contributed by atoms with Gasteiger partial charge in [-0.1, -0.05) is 0 Å². The summed E-state index contributed by atoms with van der Waals surface area (Å²) >= 11 is 0. The van der Waals surface area contributed by atoms with Crippen LogP contribution in [0.5, 0.6) is 5.75 Å². The summed E-state index contributed by atoms with van der Waals surface area (Å²) in [5.41, 5.74) is -2.13. The first kappa shape index (κ1) is 24.7. The molecule has 1 saturated carbocycles. The van der Waals surface area contributed by atoms with Gasteiger partial charge in [0.25, 0.3) is 11.6 Å². The highest BCUT2D eigenvalue weighted by Crippen LogP contribution is 2.54. The predicted octanol–water partition coefficient (Wildman–Crippen LogP) is -0.220. The second kappa shape index (κ2) is 7.82. The SMILES string of the molecule is CN(C)[C@@H]1C(=O)C(C(N)=O)=C(O)[C@@]2(O)C(=O)C3=C(O)c4c(O)c([N+](=O)[O-])cc([N+](=O)[O-])c4CC3CC12. The Balaban J connectivity index is 2.04. The number of nitrogens with two attached hydrogens (primary N) is 1. The molecule has 15 heteroatoms. The number of aromatic hydroxyl groups is 1. The molecule has 0 bridgehead atoms. The summed E-state index contributed by atoms with van der Waals surface area (Å²) in [5, 5.41) is 66.7. The van der Waals surface area contributed by atoms with Crippen molar-refractivity contribution in [2.75, 3.05) is 14.1 Å². The van der Waals surface area contributed by atoms with E-state index in [1.54, 1.807) is 0 Å². The molecule has 1 amide bonds. The Bertz CT molecular complexity index is 1360. The van der Waals surface area contributed by atoms with Crippen LogP contribution in [0, 0.1) is 32.1 Å². The first-order chi connectivity index (χ1) is 16.7. The summed E-state index contributed by atoms with van der Waals surface area (Å²) in [7, 11) is 2.85. The summed E-state index contributed by atoms with van der Waals surface area (Å²) in [6.45, 7) is 0. The fraction of sp³-hybridized carbons (Fsp3) is 0.381. The number of primary amides is 1. The molecule has 2 unspecified atom stereocenters. The molecule has 1 aromatic carbocycles. The standard InChI is InChI=1S/C21H20N4O11/c1-23(2)14-8-4-6-3-7-9(24(33)34)5-10(25(35)36)15(26)12(7)16(27)11(6)18(29)21(8,32)19(30)13(17(14)28)20(22)31/h5-6,8,14,26-27,30,32H,3-4H2,1-2H3,(H2,22,31)/t6?,8?,14-,21-/m0/s1. The van der Waals surface area contributed by atoms with Gasteiger partial charge in [-0.2, -0.15) is 0 Å². The number of likely N-dealkylation sites (N-methyl/N-ethyl adjacent to an activating group) is 1. The highest BCUT2D eigenvalue weighted by atomic mass is 16.6. The van der Waals surface area contributed by atoms with Gasteiger partial charge in [0.1, 0.15) is 17.1 Å². The number of amides is 1. The van der Waals surface area contributed by atoms with Gasteiger partial charge < -0.3 is 26.2 Å². The number of aliphatic hydroxyl groups excluding tert-OH is 2. The molecule has 0 heterocycles. The van der Waals surface area contributed by atoms with E-state index in [0.29, 0.717) is 6.07 Å². The number of nitro groups is 2. The van der Waals surface area contributed by atoms with E-state index in [2.05, 4.69) is 0 Å². The molecule has 1 fully saturated rings. The summed E-state index contributed by atoms with van der Waals surface area (Å²) in [6.07, 6.45) is -0.642. The molecular weight excluding hydrogens is 484 g/mol. The Morgan fingerprint density at radius 2 is 1.72 bits per heavy atom. The number of benzene rings is 1. The number of hydrogen-bond acceptors (Lipinski definition) is 12. The molecule has 4 rings (SSSR count). The minimum Gasteiger partial charge on any atom is -0.508 e. The van der Waals surface area contributed by atoms with E-state index in [9.17, 15) is 55.0 Å². The van der Waals surface area contributed by atoms with Crippen LogP contribution in [0.1, 0.15) is 17.5 Å². The van der Waals surface area contributed by atoms with Crippen molar-refractivity contribution >= 4 is 34.6 Å². The largest absolute Gasteiger partial charge is 0.508 e. The number of nitrogens with zero attached hydrogens (tertiary/aromatic N) is 3. The van der Waals surface area contributed by atoms with Crippen molar-refractivity contribution in [2.45, 2.75) is 24.5 Å². The van der Waals surface area contributed by atoms with Crippen LogP contribution in [-0.2, 0) is 20.8 Å². The van der Waals surface area contributed by atoms with E-state index in [1.165, 1.54) is 19.0 Å². The maximum absolute atomic E-state index is 13.6. The average molecular weight is 504 g/mol. The van der Waals surface area contributed by atoms with Crippen molar-refractivity contribution in [3.8, 4) is 5.75 Å². The topological polar surface area (TPSA) is 248 Å². The van der Waals surface area contributed by atoms with E-state index in [1.807, 2.05) is 0 Å². The smallest absolute Gasteiger partial charge is 0.318 e. The zero-order chi connectivity index (χ0) is 27.0. The minimum absolute atomic E-state index is 0.277. The van der Waals surface area contributed by atoms with Crippen molar-refractivity contribution < 1.29 is 44.7 Å². The second-order valence-electron chi connectivity index (χ2n) is 9.09. The fourth-order valence-electron chi connectivity index (χ4n) is 5.58. The molecule has 0 aliphatic heterocycles. The third-order valence-corrected chi connectivity index (χ3v) is 7.07. The maximum atomic E-state index is 13.6. The van der Waals surface area contributed by atoms with Crippen LogP contribution in [0.3, 0.4) is 0 Å². The molecule has 1 aromatic rings. The molecule has 36 heavy (non-hydrogen) atoms. The van der Waals surface area contributed by atoms with E-state index in [0.717, 1.165) is 0 Å². The number of phenols is 1. The van der Waals surface area contributed by atoms with Gasteiger partial charge in [0.15, 0.2) is 11.4 Å². The van der Waals surface area contributed by atoms with Crippen LogP contribution in [-0.4, -0.2) is 78.4 Å². The van der Waals surface area contributed by atoms with E-state index in [4.69, 9.17) is 5.73 Å². The third kappa shape index (κ3) is 3.02. The number of nitro benzene ring substituents is 2. The van der Waals surface area contributed by atoms with Crippen LogP contribution in [0.4, 0.5) is 11.4 Å². The monoisotopic (exact) mass is 504 g/mol. The zero-order valence-electron chi connectivity index (χ0n) is 18.8. The van der Waals surface area contributed by atoms with Gasteiger partial charge in [0.05, 0.1) is 27.5 Å². The molecule has 3 aliphatic carbocycles. The quantitative estimate of drug-likeness (QED) is 0.203. The van der Waals surface area contributed by atoms with Crippen LogP contribution in [0.25, 0.3) is 5.76 Å². The van der Waals surface area contributed by atoms with Gasteiger partial charge in [-0.3, -0.25) is 39.5 Å². The highest BCUT2D eigenvalue weighted by molar-refractivity contribution is 6.24. The minimum atomic E-state index is -2.90. The number of fused-ring (bicyclic) bond motifs is 3. The molecule has 190 valence electrons. The van der Waals surface area contributed by atoms with Crippen LogP contribution >= 0.6 is 0 Å². The lowest BCUT2D eigenvalue weighted by atomic mass is 9.57. The number of carbonyl (C=O) groups is 3. The Morgan fingerprint density at radius 1 is 1.14 bits per heavy atom. The normalized spacial score (nSPS) is 27.5. The van der Waals surface area contributed by atoms with Crippen LogP contribution in [0.2, 0.25) is 0 Å². The highest BCUT2D eigenvalue weighted by Gasteiger charge is 2.64. The molecule has 15 nitrogen and oxygen atoms in total. The first-order valence-corrected chi connectivity index (χ1v) is 10.5. The Morgan fingerprint density at radius 3 is 2.22 bits per heavy atom. The molecule has 0 radical (unpaired) electrons. The maximum Gasteiger partial charge on any atom is 0.318 e. The lowest BCUT2D eigenvalue weighted by Crippen LogP contribution is -2.65. The number of carbonyl (C=O) groups excluding carboxylic acids is 3. The predicted molar refractivity (Wildman–Crippen MR) is 118 cm³/mol. The van der Waals surface area contributed by atoms with Gasteiger partial charge in [-0.25, -0.2) is 0 Å². The van der Waals surface area contributed by atoms with Gasteiger partial charge in [-0.05, 0) is 32.9 Å². The Labute approximate surface area is 201 Å². The summed E-state index contributed by atoms with van der Waals surface area (Å²) in [5.74, 6) is -9.58. The van der Waals surface area contributed by atoms with Crippen molar-refractivity contribution in [2.24, 2.45) is 17.6 Å². The van der Waals surface area contributed by atoms with E-state index < -0.39 is 96.2 Å². The number of aliphatic hydroxyl groups is 3. The lowest BCUT2D eigenvalue weighted by molar-refractivity contribution is -0.395.